The normalized spacial score (nSPS) is 10.4. The van der Waals surface area contributed by atoms with E-state index in [4.69, 9.17) is 0 Å². The monoisotopic (exact) mass is 191 g/mol. The van der Waals surface area contributed by atoms with Gasteiger partial charge < -0.3 is 5.32 Å². The lowest BCUT2D eigenvalue weighted by Crippen LogP contribution is -2.20. The number of carbonyl (C=O) groups excluding carboxylic acids is 1. The van der Waals surface area contributed by atoms with Crippen molar-refractivity contribution in [2.75, 3.05) is 7.05 Å². The molecule has 2 heteroatoms. The minimum atomic E-state index is -0.00241. The van der Waals surface area contributed by atoms with Crippen LogP contribution in [0.25, 0.3) is 0 Å². The number of hydrogen-bond acceptors (Lipinski definition) is 1. The van der Waals surface area contributed by atoms with Crippen LogP contribution in [-0.4, -0.2) is 13.0 Å². The van der Waals surface area contributed by atoms with Crippen molar-refractivity contribution in [2.45, 2.75) is 26.7 Å². The third-order valence-electron chi connectivity index (χ3n) is 2.30. The molecule has 1 amide bonds. The third-order valence-corrected chi connectivity index (χ3v) is 2.30. The van der Waals surface area contributed by atoms with Crippen LogP contribution in [-0.2, 0) is 0 Å². The molecule has 0 bridgehead atoms. The molecule has 14 heavy (non-hydrogen) atoms. The van der Waals surface area contributed by atoms with E-state index in [-0.39, 0.29) is 5.91 Å². The lowest BCUT2D eigenvalue weighted by molar-refractivity contribution is 0.0961. The molecule has 0 aliphatic carbocycles. The van der Waals surface area contributed by atoms with E-state index in [1.807, 2.05) is 25.1 Å². The molecule has 0 saturated carbocycles. The molecule has 1 N–H and O–H groups in total. The molecule has 0 fully saturated rings. The number of benzene rings is 1. The maximum absolute atomic E-state index is 11.6. The van der Waals surface area contributed by atoms with Crippen LogP contribution in [0.4, 0.5) is 0 Å². The third kappa shape index (κ3) is 2.13. The Kier molecular flexibility index (Phi) is 3.28. The zero-order valence-corrected chi connectivity index (χ0v) is 9.22. The van der Waals surface area contributed by atoms with Gasteiger partial charge in [-0.3, -0.25) is 4.79 Å². The molecule has 0 aliphatic rings. The van der Waals surface area contributed by atoms with Crippen molar-refractivity contribution < 1.29 is 4.79 Å². The number of carbonyl (C=O) groups is 1. The van der Waals surface area contributed by atoms with Crippen molar-refractivity contribution in [2.24, 2.45) is 0 Å². The molecule has 0 aromatic heterocycles. The van der Waals surface area contributed by atoms with Crippen LogP contribution in [0.5, 0.6) is 0 Å². The Bertz CT molecular complexity index is 342. The number of hydrogen-bond donors (Lipinski definition) is 1. The highest BCUT2D eigenvalue weighted by Gasteiger charge is 2.12. The van der Waals surface area contributed by atoms with Crippen LogP contribution in [0, 0.1) is 6.92 Å². The largest absolute Gasteiger partial charge is 0.355 e. The fourth-order valence-corrected chi connectivity index (χ4v) is 1.50. The van der Waals surface area contributed by atoms with E-state index >= 15 is 0 Å². The quantitative estimate of drug-likeness (QED) is 0.764. The highest BCUT2D eigenvalue weighted by atomic mass is 16.1. The minimum Gasteiger partial charge on any atom is -0.355 e. The molecule has 0 aliphatic heterocycles. The van der Waals surface area contributed by atoms with Crippen LogP contribution in [0.15, 0.2) is 18.2 Å². The first-order valence-corrected chi connectivity index (χ1v) is 4.89. The first-order valence-electron chi connectivity index (χ1n) is 4.89. The molecule has 1 rings (SSSR count). The highest BCUT2D eigenvalue weighted by Crippen LogP contribution is 2.20. The van der Waals surface area contributed by atoms with Gasteiger partial charge in [-0.1, -0.05) is 31.5 Å². The Hall–Kier alpha value is -1.31. The first-order chi connectivity index (χ1) is 6.56. The average molecular weight is 191 g/mol. The van der Waals surface area contributed by atoms with Crippen LogP contribution in [0.3, 0.4) is 0 Å². The van der Waals surface area contributed by atoms with Gasteiger partial charge in [-0.2, -0.15) is 0 Å². The minimum absolute atomic E-state index is 0.00241. The maximum Gasteiger partial charge on any atom is 0.251 e. The molecule has 0 spiro atoms. The van der Waals surface area contributed by atoms with Gasteiger partial charge in [0, 0.05) is 12.6 Å². The van der Waals surface area contributed by atoms with E-state index in [1.54, 1.807) is 7.05 Å². The molecule has 0 radical (unpaired) electrons. The standard InChI is InChI=1S/C12H17NO/c1-8(2)10-6-5-9(3)7-11(10)12(14)13-4/h5-8H,1-4H3,(H,13,14). The van der Waals surface area contributed by atoms with Gasteiger partial charge in [0.25, 0.3) is 5.91 Å². The van der Waals surface area contributed by atoms with Crippen LogP contribution in [0.2, 0.25) is 0 Å². The second-order valence-corrected chi connectivity index (χ2v) is 3.82. The molecule has 0 heterocycles. The summed E-state index contributed by atoms with van der Waals surface area (Å²) >= 11 is 0. The van der Waals surface area contributed by atoms with Gasteiger partial charge in [-0.15, -0.1) is 0 Å². The van der Waals surface area contributed by atoms with Crippen molar-refractivity contribution in [1.29, 1.82) is 0 Å². The smallest absolute Gasteiger partial charge is 0.251 e. The second kappa shape index (κ2) is 4.27. The molecule has 0 saturated heterocycles. The van der Waals surface area contributed by atoms with E-state index in [1.165, 1.54) is 0 Å². The van der Waals surface area contributed by atoms with Gasteiger partial charge in [-0.05, 0) is 24.5 Å². The van der Waals surface area contributed by atoms with Crippen molar-refractivity contribution in [3.63, 3.8) is 0 Å². The Morgan fingerprint density at radius 1 is 1.36 bits per heavy atom. The zero-order chi connectivity index (χ0) is 10.7. The Labute approximate surface area is 85.3 Å². The van der Waals surface area contributed by atoms with Gasteiger partial charge in [0.1, 0.15) is 0 Å². The fourth-order valence-electron chi connectivity index (χ4n) is 1.50. The number of amides is 1. The molecule has 76 valence electrons. The van der Waals surface area contributed by atoms with Crippen LogP contribution >= 0.6 is 0 Å². The van der Waals surface area contributed by atoms with Crippen molar-refractivity contribution in [3.8, 4) is 0 Å². The summed E-state index contributed by atoms with van der Waals surface area (Å²) in [6.45, 7) is 6.19. The summed E-state index contributed by atoms with van der Waals surface area (Å²) in [5.41, 5.74) is 3.02. The summed E-state index contributed by atoms with van der Waals surface area (Å²) in [5, 5.41) is 2.66. The predicted octanol–water partition coefficient (Wildman–Crippen LogP) is 2.48. The molecule has 0 unspecified atom stereocenters. The molecule has 2 nitrogen and oxygen atoms in total. The zero-order valence-electron chi connectivity index (χ0n) is 9.22. The van der Waals surface area contributed by atoms with Crippen LogP contribution in [0.1, 0.15) is 41.3 Å². The molecule has 0 atom stereocenters. The van der Waals surface area contributed by atoms with Gasteiger partial charge in [0.2, 0.25) is 0 Å². The SMILES string of the molecule is CNC(=O)c1cc(C)ccc1C(C)C. The summed E-state index contributed by atoms with van der Waals surface area (Å²) in [7, 11) is 1.66. The average Bonchev–Trinajstić information content (AvgIpc) is 2.16. The topological polar surface area (TPSA) is 29.1 Å². The van der Waals surface area contributed by atoms with E-state index < -0.39 is 0 Å². The van der Waals surface area contributed by atoms with E-state index in [0.717, 1.165) is 16.7 Å². The summed E-state index contributed by atoms with van der Waals surface area (Å²) in [6, 6.07) is 6.01. The van der Waals surface area contributed by atoms with E-state index in [9.17, 15) is 4.79 Å². The lowest BCUT2D eigenvalue weighted by Gasteiger charge is -2.12. The van der Waals surface area contributed by atoms with Gasteiger partial charge in [-0.25, -0.2) is 0 Å². The van der Waals surface area contributed by atoms with Crippen molar-refractivity contribution in [3.05, 3.63) is 34.9 Å². The fraction of sp³-hybridized carbons (Fsp3) is 0.417. The lowest BCUT2D eigenvalue weighted by atomic mass is 9.95. The molecule has 1 aromatic carbocycles. The molecule has 1 aromatic rings. The predicted molar refractivity (Wildman–Crippen MR) is 58.7 cm³/mol. The highest BCUT2D eigenvalue weighted by molar-refractivity contribution is 5.95. The Morgan fingerprint density at radius 2 is 2.00 bits per heavy atom. The molecular weight excluding hydrogens is 174 g/mol. The van der Waals surface area contributed by atoms with E-state index in [2.05, 4.69) is 19.2 Å². The van der Waals surface area contributed by atoms with Gasteiger partial charge >= 0.3 is 0 Å². The number of rotatable bonds is 2. The van der Waals surface area contributed by atoms with Crippen molar-refractivity contribution in [1.82, 2.24) is 5.32 Å². The first kappa shape index (κ1) is 10.8. The van der Waals surface area contributed by atoms with Crippen molar-refractivity contribution >= 4 is 5.91 Å². The second-order valence-electron chi connectivity index (χ2n) is 3.82. The van der Waals surface area contributed by atoms with Gasteiger partial charge in [0.05, 0.1) is 0 Å². The summed E-state index contributed by atoms with van der Waals surface area (Å²) in [5.74, 6) is 0.375. The summed E-state index contributed by atoms with van der Waals surface area (Å²) in [6.07, 6.45) is 0. The summed E-state index contributed by atoms with van der Waals surface area (Å²) < 4.78 is 0. The molecular formula is C12H17NO. The van der Waals surface area contributed by atoms with Gasteiger partial charge in [0.15, 0.2) is 0 Å². The maximum atomic E-state index is 11.6. The number of nitrogens with one attached hydrogen (secondary N) is 1. The Balaban J connectivity index is 3.22. The Morgan fingerprint density at radius 3 is 2.50 bits per heavy atom. The van der Waals surface area contributed by atoms with Crippen LogP contribution < -0.4 is 5.32 Å². The van der Waals surface area contributed by atoms with E-state index in [0.29, 0.717) is 5.92 Å². The number of aryl methyl sites for hydroxylation is 1. The summed E-state index contributed by atoms with van der Waals surface area (Å²) in [4.78, 5) is 11.6.